The number of nitrogens with zero attached hydrogens (tertiary/aromatic N) is 3. The first-order chi connectivity index (χ1) is 11.6. The van der Waals surface area contributed by atoms with Gasteiger partial charge >= 0.3 is 6.01 Å². The van der Waals surface area contributed by atoms with Gasteiger partial charge < -0.3 is 9.47 Å². The maximum atomic E-state index is 12.8. The van der Waals surface area contributed by atoms with E-state index in [9.17, 15) is 4.39 Å². The van der Waals surface area contributed by atoms with Gasteiger partial charge in [0.1, 0.15) is 11.9 Å². The largest absolute Gasteiger partial charge is 0.496 e. The van der Waals surface area contributed by atoms with E-state index in [1.54, 1.807) is 7.11 Å². The van der Waals surface area contributed by atoms with Gasteiger partial charge in [-0.3, -0.25) is 4.90 Å². The molecule has 0 aliphatic carbocycles. The van der Waals surface area contributed by atoms with Crippen LogP contribution in [0.15, 0.2) is 35.1 Å². The van der Waals surface area contributed by atoms with Crippen LogP contribution in [0.5, 0.6) is 11.8 Å². The number of halogens is 2. The van der Waals surface area contributed by atoms with E-state index in [0.29, 0.717) is 0 Å². The van der Waals surface area contributed by atoms with E-state index in [4.69, 9.17) is 9.47 Å². The number of ether oxygens (including phenoxy) is 2. The number of hydrogen-bond donors (Lipinski definition) is 0. The Labute approximate surface area is 148 Å². The van der Waals surface area contributed by atoms with E-state index in [1.807, 2.05) is 12.1 Å². The minimum absolute atomic E-state index is 0.0658. The molecule has 0 unspecified atom stereocenters. The van der Waals surface area contributed by atoms with Crippen molar-refractivity contribution in [1.29, 1.82) is 0 Å². The molecule has 24 heavy (non-hydrogen) atoms. The summed E-state index contributed by atoms with van der Waals surface area (Å²) in [4.78, 5) is 10.1. The van der Waals surface area contributed by atoms with Crippen molar-refractivity contribution in [2.75, 3.05) is 20.2 Å². The van der Waals surface area contributed by atoms with Crippen LogP contribution in [0.1, 0.15) is 18.4 Å². The summed E-state index contributed by atoms with van der Waals surface area (Å²) in [6, 6.07) is 6.28. The standard InChI is InChI=1S/C17H19BrFN3O2/c1-23-16-3-2-13(18)8-12(16)11-22-6-4-15(5-7-22)24-17-20-9-14(19)10-21-17/h2-3,8-10,15H,4-7,11H2,1H3. The zero-order valence-electron chi connectivity index (χ0n) is 13.4. The molecule has 2 heterocycles. The minimum Gasteiger partial charge on any atom is -0.496 e. The van der Waals surface area contributed by atoms with Crippen molar-refractivity contribution in [3.63, 3.8) is 0 Å². The molecule has 0 bridgehead atoms. The molecule has 0 spiro atoms. The van der Waals surface area contributed by atoms with Crippen molar-refractivity contribution in [3.8, 4) is 11.8 Å². The van der Waals surface area contributed by atoms with E-state index in [1.165, 1.54) is 0 Å². The molecule has 1 aliphatic heterocycles. The number of piperidine rings is 1. The fourth-order valence-electron chi connectivity index (χ4n) is 2.81. The summed E-state index contributed by atoms with van der Waals surface area (Å²) >= 11 is 3.51. The second-order valence-corrected chi connectivity index (χ2v) is 6.65. The van der Waals surface area contributed by atoms with Crippen LogP contribution in [0.25, 0.3) is 0 Å². The van der Waals surface area contributed by atoms with Gasteiger partial charge in [-0.25, -0.2) is 14.4 Å². The average molecular weight is 396 g/mol. The first-order valence-corrected chi connectivity index (χ1v) is 8.62. The predicted molar refractivity (Wildman–Crippen MR) is 91.6 cm³/mol. The van der Waals surface area contributed by atoms with Crippen LogP contribution in [-0.2, 0) is 6.54 Å². The maximum absolute atomic E-state index is 12.8. The Kier molecular flexibility index (Phi) is 5.63. The number of likely N-dealkylation sites (tertiary alicyclic amines) is 1. The molecule has 0 saturated carbocycles. The Hall–Kier alpha value is -1.73. The molecule has 7 heteroatoms. The van der Waals surface area contributed by atoms with Crippen molar-refractivity contribution in [3.05, 3.63) is 46.4 Å². The van der Waals surface area contributed by atoms with Gasteiger partial charge in [0.05, 0.1) is 19.5 Å². The average Bonchev–Trinajstić information content (AvgIpc) is 2.59. The van der Waals surface area contributed by atoms with Gasteiger partial charge in [0.2, 0.25) is 0 Å². The molecule has 1 aromatic heterocycles. The lowest BCUT2D eigenvalue weighted by Gasteiger charge is -2.31. The molecule has 0 N–H and O–H groups in total. The maximum Gasteiger partial charge on any atom is 0.316 e. The number of rotatable bonds is 5. The fraction of sp³-hybridized carbons (Fsp3) is 0.412. The molecule has 0 atom stereocenters. The Morgan fingerprint density at radius 3 is 2.62 bits per heavy atom. The highest BCUT2D eigenvalue weighted by atomic mass is 79.9. The third kappa shape index (κ3) is 4.42. The zero-order valence-corrected chi connectivity index (χ0v) is 15.0. The van der Waals surface area contributed by atoms with Gasteiger partial charge in [0.25, 0.3) is 0 Å². The van der Waals surface area contributed by atoms with Gasteiger partial charge in [-0.2, -0.15) is 0 Å². The third-order valence-electron chi connectivity index (χ3n) is 4.04. The fourth-order valence-corrected chi connectivity index (χ4v) is 3.22. The van der Waals surface area contributed by atoms with Crippen LogP contribution in [-0.4, -0.2) is 41.2 Å². The van der Waals surface area contributed by atoms with Crippen LogP contribution < -0.4 is 9.47 Å². The van der Waals surface area contributed by atoms with E-state index in [-0.39, 0.29) is 12.1 Å². The van der Waals surface area contributed by atoms with Crippen molar-refractivity contribution in [2.24, 2.45) is 0 Å². The van der Waals surface area contributed by atoms with Gasteiger partial charge in [-0.1, -0.05) is 15.9 Å². The van der Waals surface area contributed by atoms with Gasteiger partial charge in [-0.15, -0.1) is 0 Å². The molecule has 5 nitrogen and oxygen atoms in total. The first kappa shape index (κ1) is 17.1. The molecule has 1 saturated heterocycles. The van der Waals surface area contributed by atoms with Crippen LogP contribution >= 0.6 is 15.9 Å². The summed E-state index contributed by atoms with van der Waals surface area (Å²) in [6.07, 6.45) is 4.08. The van der Waals surface area contributed by atoms with Crippen molar-refractivity contribution in [2.45, 2.75) is 25.5 Å². The molecule has 1 aromatic carbocycles. The predicted octanol–water partition coefficient (Wildman–Crippen LogP) is 3.43. The van der Waals surface area contributed by atoms with E-state index in [0.717, 1.165) is 60.7 Å². The van der Waals surface area contributed by atoms with Crippen LogP contribution in [0, 0.1) is 5.82 Å². The Morgan fingerprint density at radius 2 is 1.96 bits per heavy atom. The molecule has 0 radical (unpaired) electrons. The summed E-state index contributed by atoms with van der Waals surface area (Å²) in [5.41, 5.74) is 1.16. The molecular weight excluding hydrogens is 377 g/mol. The highest BCUT2D eigenvalue weighted by Crippen LogP contribution is 2.26. The number of aromatic nitrogens is 2. The summed E-state index contributed by atoms with van der Waals surface area (Å²) in [7, 11) is 1.69. The number of benzene rings is 1. The zero-order chi connectivity index (χ0) is 16.9. The van der Waals surface area contributed by atoms with Crippen molar-refractivity contribution in [1.82, 2.24) is 14.9 Å². The van der Waals surface area contributed by atoms with Crippen LogP contribution in [0.3, 0.4) is 0 Å². The van der Waals surface area contributed by atoms with E-state index in [2.05, 4.69) is 36.9 Å². The van der Waals surface area contributed by atoms with Crippen molar-refractivity contribution < 1.29 is 13.9 Å². The second kappa shape index (κ2) is 7.90. The Bertz CT molecular complexity index is 676. The summed E-state index contributed by atoms with van der Waals surface area (Å²) in [5, 5.41) is 0. The molecule has 2 aromatic rings. The lowest BCUT2D eigenvalue weighted by molar-refractivity contribution is 0.0886. The summed E-state index contributed by atoms with van der Waals surface area (Å²) in [5.74, 6) is 0.441. The number of hydrogen-bond acceptors (Lipinski definition) is 5. The topological polar surface area (TPSA) is 47.5 Å². The molecule has 3 rings (SSSR count). The van der Waals surface area contributed by atoms with E-state index < -0.39 is 5.82 Å². The quantitative estimate of drug-likeness (QED) is 0.775. The summed E-state index contributed by atoms with van der Waals surface area (Å²) in [6.45, 7) is 2.67. The van der Waals surface area contributed by atoms with Crippen LogP contribution in [0.2, 0.25) is 0 Å². The molecular formula is C17H19BrFN3O2. The SMILES string of the molecule is COc1ccc(Br)cc1CN1CCC(Oc2ncc(F)cn2)CC1. The highest BCUT2D eigenvalue weighted by Gasteiger charge is 2.22. The van der Waals surface area contributed by atoms with Gasteiger partial charge in [0.15, 0.2) is 5.82 Å². The third-order valence-corrected chi connectivity index (χ3v) is 4.53. The van der Waals surface area contributed by atoms with E-state index >= 15 is 0 Å². The van der Waals surface area contributed by atoms with Crippen LogP contribution in [0.4, 0.5) is 4.39 Å². The molecule has 1 aliphatic rings. The van der Waals surface area contributed by atoms with Crippen molar-refractivity contribution >= 4 is 15.9 Å². The number of methoxy groups -OCH3 is 1. The minimum atomic E-state index is -0.458. The van der Waals surface area contributed by atoms with Gasteiger partial charge in [0, 0.05) is 29.7 Å². The first-order valence-electron chi connectivity index (χ1n) is 7.83. The smallest absolute Gasteiger partial charge is 0.316 e. The monoisotopic (exact) mass is 395 g/mol. The molecule has 1 fully saturated rings. The normalized spacial score (nSPS) is 16.1. The molecule has 128 valence electrons. The lowest BCUT2D eigenvalue weighted by atomic mass is 10.1. The summed E-state index contributed by atoms with van der Waals surface area (Å²) < 4.78 is 25.0. The highest BCUT2D eigenvalue weighted by molar-refractivity contribution is 9.10. The second-order valence-electron chi connectivity index (χ2n) is 5.73. The Balaban J connectivity index is 1.53. The molecule has 0 amide bonds. The van der Waals surface area contributed by atoms with Gasteiger partial charge in [-0.05, 0) is 31.0 Å². The Morgan fingerprint density at radius 1 is 1.25 bits per heavy atom. The lowest BCUT2D eigenvalue weighted by Crippen LogP contribution is -2.38.